The number of sulfonamides is 1. The highest BCUT2D eigenvalue weighted by molar-refractivity contribution is 7.99. The highest BCUT2D eigenvalue weighted by Crippen LogP contribution is 2.35. The Morgan fingerprint density at radius 2 is 1.80 bits per heavy atom. The van der Waals surface area contributed by atoms with Crippen LogP contribution in [0.4, 0.5) is 4.39 Å². The van der Waals surface area contributed by atoms with E-state index in [-0.39, 0.29) is 30.6 Å². The number of carboxylic acid groups (broad SMARTS) is 1. The molecule has 1 saturated carbocycles. The summed E-state index contributed by atoms with van der Waals surface area (Å²) in [5, 5.41) is 24.0. The largest absolute Gasteiger partial charge is 0.481 e. The van der Waals surface area contributed by atoms with Gasteiger partial charge in [-0.2, -0.15) is 0 Å². The second-order valence-electron chi connectivity index (χ2n) is 10.2. The van der Waals surface area contributed by atoms with Gasteiger partial charge in [0.25, 0.3) is 0 Å². The Balaban J connectivity index is 1.78. The van der Waals surface area contributed by atoms with Gasteiger partial charge in [-0.15, -0.1) is 11.8 Å². The SMILES string of the molecule is COC1CCC(CC(O)C(Cc2ccccc2)NC(=O)C(CSc2ccc(F)cc2)NS(C)(=O)=O)C(C(=O)O)C1. The third-order valence-corrected chi connectivity index (χ3v) is 8.95. The predicted octanol–water partition coefficient (Wildman–Crippen LogP) is 2.83. The molecular weight excluding hydrogens is 559 g/mol. The van der Waals surface area contributed by atoms with E-state index in [1.54, 1.807) is 7.11 Å². The third kappa shape index (κ3) is 10.2. The van der Waals surface area contributed by atoms with Gasteiger partial charge in [0, 0.05) is 17.8 Å². The first-order valence-corrected chi connectivity index (χ1v) is 16.0. The molecule has 0 aliphatic heterocycles. The molecule has 1 amide bonds. The summed E-state index contributed by atoms with van der Waals surface area (Å²) in [6, 6.07) is 12.9. The summed E-state index contributed by atoms with van der Waals surface area (Å²) in [4.78, 5) is 26.1. The number of methoxy groups -OCH3 is 1. The van der Waals surface area contributed by atoms with Gasteiger partial charge in [0.1, 0.15) is 11.9 Å². The molecule has 220 valence electrons. The number of carbonyl (C=O) groups is 2. The van der Waals surface area contributed by atoms with E-state index in [1.807, 2.05) is 30.3 Å². The average molecular weight is 597 g/mol. The molecule has 0 bridgehead atoms. The van der Waals surface area contributed by atoms with Gasteiger partial charge in [0.05, 0.1) is 30.4 Å². The van der Waals surface area contributed by atoms with Crippen LogP contribution in [-0.2, 0) is 30.8 Å². The summed E-state index contributed by atoms with van der Waals surface area (Å²) in [5.41, 5.74) is 0.845. The zero-order chi connectivity index (χ0) is 29.3. The van der Waals surface area contributed by atoms with Crippen molar-refractivity contribution in [3.05, 3.63) is 66.0 Å². The van der Waals surface area contributed by atoms with Crippen molar-refractivity contribution in [2.45, 2.75) is 61.3 Å². The van der Waals surface area contributed by atoms with Crippen LogP contribution in [0.15, 0.2) is 59.5 Å². The van der Waals surface area contributed by atoms with Crippen LogP contribution in [0.2, 0.25) is 0 Å². The van der Waals surface area contributed by atoms with Crippen molar-refractivity contribution < 1.29 is 37.3 Å². The van der Waals surface area contributed by atoms with Gasteiger partial charge < -0.3 is 20.3 Å². The summed E-state index contributed by atoms with van der Waals surface area (Å²) in [5.74, 6) is -2.95. The molecule has 2 aromatic carbocycles. The molecule has 0 radical (unpaired) electrons. The molecule has 12 heteroatoms. The minimum absolute atomic E-state index is 0.0286. The van der Waals surface area contributed by atoms with Crippen LogP contribution in [0.1, 0.15) is 31.2 Å². The number of aliphatic hydroxyl groups is 1. The number of rotatable bonds is 14. The number of carboxylic acids is 1. The summed E-state index contributed by atoms with van der Waals surface area (Å²) >= 11 is 1.19. The first-order chi connectivity index (χ1) is 18.9. The number of hydrogen-bond acceptors (Lipinski definition) is 7. The number of benzene rings is 2. The van der Waals surface area contributed by atoms with Gasteiger partial charge in [-0.25, -0.2) is 17.5 Å². The predicted molar refractivity (Wildman–Crippen MR) is 151 cm³/mol. The van der Waals surface area contributed by atoms with Crippen LogP contribution in [0.5, 0.6) is 0 Å². The minimum Gasteiger partial charge on any atom is -0.481 e. The maximum Gasteiger partial charge on any atom is 0.306 e. The zero-order valence-electron chi connectivity index (χ0n) is 22.5. The fraction of sp³-hybridized carbons (Fsp3) is 0.500. The molecule has 0 heterocycles. The van der Waals surface area contributed by atoms with Crippen LogP contribution in [0.25, 0.3) is 0 Å². The quantitative estimate of drug-likeness (QED) is 0.244. The van der Waals surface area contributed by atoms with Gasteiger partial charge in [0.2, 0.25) is 15.9 Å². The maximum absolute atomic E-state index is 13.4. The Bertz CT molecular complexity index is 1210. The second kappa shape index (κ2) is 14.9. The fourth-order valence-corrected chi connectivity index (χ4v) is 6.77. The molecule has 6 unspecified atom stereocenters. The van der Waals surface area contributed by atoms with Crippen LogP contribution in [-0.4, -0.2) is 73.9 Å². The van der Waals surface area contributed by atoms with Crippen molar-refractivity contribution in [1.82, 2.24) is 10.0 Å². The molecule has 4 N–H and O–H groups in total. The van der Waals surface area contributed by atoms with Gasteiger partial charge in [-0.1, -0.05) is 30.3 Å². The van der Waals surface area contributed by atoms with Crippen LogP contribution in [0.3, 0.4) is 0 Å². The molecule has 6 atom stereocenters. The van der Waals surface area contributed by atoms with Gasteiger partial charge in [-0.05, 0) is 67.9 Å². The molecule has 2 aromatic rings. The molecule has 3 rings (SSSR count). The van der Waals surface area contributed by atoms with E-state index in [0.29, 0.717) is 24.2 Å². The highest BCUT2D eigenvalue weighted by Gasteiger charge is 2.38. The monoisotopic (exact) mass is 596 g/mol. The zero-order valence-corrected chi connectivity index (χ0v) is 24.2. The molecule has 9 nitrogen and oxygen atoms in total. The number of amides is 1. The molecule has 1 fully saturated rings. The molecular formula is C28H37FN2O7S2. The summed E-state index contributed by atoms with van der Waals surface area (Å²) in [6.07, 6.45) is 1.71. The number of thioether (sulfide) groups is 1. The Hall–Kier alpha value is -2.51. The highest BCUT2D eigenvalue weighted by atomic mass is 32.2. The number of carbonyl (C=O) groups excluding carboxylic acids is 1. The normalized spacial score (nSPS) is 21.8. The molecule has 1 aliphatic carbocycles. The molecule has 1 aliphatic rings. The molecule has 0 aromatic heterocycles. The lowest BCUT2D eigenvalue weighted by atomic mass is 9.74. The van der Waals surface area contributed by atoms with Crippen molar-refractivity contribution >= 4 is 33.7 Å². The van der Waals surface area contributed by atoms with E-state index in [0.717, 1.165) is 11.8 Å². The number of aliphatic hydroxyl groups excluding tert-OH is 1. The van der Waals surface area contributed by atoms with Crippen LogP contribution in [0, 0.1) is 17.7 Å². The van der Waals surface area contributed by atoms with Crippen molar-refractivity contribution in [3.8, 4) is 0 Å². The van der Waals surface area contributed by atoms with Gasteiger partial charge >= 0.3 is 5.97 Å². The van der Waals surface area contributed by atoms with Crippen LogP contribution >= 0.6 is 11.8 Å². The van der Waals surface area contributed by atoms with E-state index in [2.05, 4.69) is 10.0 Å². The number of halogens is 1. The summed E-state index contributed by atoms with van der Waals surface area (Å²) in [6.45, 7) is 0. The van der Waals surface area contributed by atoms with E-state index in [9.17, 15) is 32.6 Å². The summed E-state index contributed by atoms with van der Waals surface area (Å²) in [7, 11) is -2.21. The maximum atomic E-state index is 13.4. The first kappa shape index (κ1) is 32.0. The Labute approximate surface area is 238 Å². The lowest BCUT2D eigenvalue weighted by Gasteiger charge is -2.36. The summed E-state index contributed by atoms with van der Waals surface area (Å²) < 4.78 is 45.1. The van der Waals surface area contributed by atoms with Crippen LogP contribution < -0.4 is 10.0 Å². The number of nitrogens with one attached hydrogen (secondary N) is 2. The smallest absolute Gasteiger partial charge is 0.306 e. The molecule has 0 spiro atoms. The number of hydrogen-bond donors (Lipinski definition) is 4. The van der Waals surface area contributed by atoms with Crippen molar-refractivity contribution in [2.24, 2.45) is 11.8 Å². The lowest BCUT2D eigenvalue weighted by molar-refractivity contribution is -0.148. The third-order valence-electron chi connectivity index (χ3n) is 7.13. The first-order valence-electron chi connectivity index (χ1n) is 13.1. The van der Waals surface area contributed by atoms with Crippen molar-refractivity contribution in [1.29, 1.82) is 0 Å². The van der Waals surface area contributed by atoms with Gasteiger partial charge in [0.15, 0.2) is 0 Å². The Morgan fingerprint density at radius 3 is 2.40 bits per heavy atom. The lowest BCUT2D eigenvalue weighted by Crippen LogP contribution is -2.54. The van der Waals surface area contributed by atoms with Crippen molar-refractivity contribution in [2.75, 3.05) is 19.1 Å². The topological polar surface area (TPSA) is 142 Å². The number of ether oxygens (including phenoxy) is 1. The standard InChI is InChI=1S/C28H37FN2O7S2/c1-38-21-11-8-19(23(16-21)28(34)35)15-26(32)24(14-18-6-4-3-5-7-18)30-27(33)25(31-40(2,36)37)17-39-22-12-9-20(29)10-13-22/h3-7,9-10,12-13,19,21,23-26,31-32H,8,11,14-17H2,1-2H3,(H,30,33)(H,34,35). The second-order valence-corrected chi connectivity index (χ2v) is 13.1. The van der Waals surface area contributed by atoms with Crippen molar-refractivity contribution in [3.63, 3.8) is 0 Å². The number of aliphatic carboxylic acids is 1. The Kier molecular flexibility index (Phi) is 11.9. The van der Waals surface area contributed by atoms with E-state index in [1.165, 1.54) is 36.0 Å². The minimum atomic E-state index is -3.77. The average Bonchev–Trinajstić information content (AvgIpc) is 2.91. The molecule has 40 heavy (non-hydrogen) atoms. The van der Waals surface area contributed by atoms with E-state index < -0.39 is 51.8 Å². The fourth-order valence-electron chi connectivity index (χ4n) is 5.03. The molecule has 0 saturated heterocycles. The van der Waals surface area contributed by atoms with Gasteiger partial charge in [-0.3, -0.25) is 9.59 Å². The van der Waals surface area contributed by atoms with E-state index in [4.69, 9.17) is 4.74 Å². The Morgan fingerprint density at radius 1 is 1.12 bits per heavy atom. The van der Waals surface area contributed by atoms with E-state index >= 15 is 0 Å².